The smallest absolute Gasteiger partial charge is 0.316 e. The molecule has 0 aromatic heterocycles. The highest BCUT2D eigenvalue weighted by molar-refractivity contribution is 9.09. The van der Waals surface area contributed by atoms with Gasteiger partial charge in [0.05, 0.1) is 5.60 Å². The molecule has 5 unspecified atom stereocenters. The fourth-order valence-electron chi connectivity index (χ4n) is 6.97. The Morgan fingerprint density at radius 3 is 2.76 bits per heavy atom. The quantitative estimate of drug-likeness (QED) is 0.263. The number of hydrogen-bond acceptors (Lipinski definition) is 3. The van der Waals surface area contributed by atoms with Crippen molar-refractivity contribution in [3.63, 3.8) is 0 Å². The van der Waals surface area contributed by atoms with Gasteiger partial charge in [-0.05, 0) is 94.0 Å². The van der Waals surface area contributed by atoms with Gasteiger partial charge in [0.15, 0.2) is 0 Å². The molecule has 3 aliphatic rings. The van der Waals surface area contributed by atoms with Gasteiger partial charge in [0.2, 0.25) is 0 Å². The van der Waals surface area contributed by atoms with Crippen LogP contribution in [-0.4, -0.2) is 28.1 Å². The van der Waals surface area contributed by atoms with E-state index in [9.17, 15) is 9.90 Å². The molecule has 0 aromatic carbocycles. The molecule has 3 fully saturated rings. The second-order valence-corrected chi connectivity index (χ2v) is 12.4. The van der Waals surface area contributed by atoms with Crippen LogP contribution in [0.1, 0.15) is 98.3 Å². The maximum atomic E-state index is 11.7. The van der Waals surface area contributed by atoms with Gasteiger partial charge in [-0.15, -0.1) is 0 Å². The summed E-state index contributed by atoms with van der Waals surface area (Å²) in [6.07, 6.45) is 16.9. The second kappa shape index (κ2) is 11.2. The number of alkyl halides is 1. The molecule has 5 atom stereocenters. The molecule has 1 N–H and O–H groups in total. The Hall–Kier alpha value is -0.870. The van der Waals surface area contributed by atoms with E-state index in [1.165, 1.54) is 49.7 Å². The van der Waals surface area contributed by atoms with Crippen LogP contribution in [0.15, 0.2) is 35.5 Å². The van der Waals surface area contributed by atoms with Crippen molar-refractivity contribution in [2.24, 2.45) is 23.2 Å². The van der Waals surface area contributed by atoms with Crippen LogP contribution in [0.2, 0.25) is 0 Å². The molecule has 0 heterocycles. The molecule has 0 spiro atoms. The monoisotopic (exact) mass is 520 g/mol. The van der Waals surface area contributed by atoms with Crippen LogP contribution >= 0.6 is 15.9 Å². The van der Waals surface area contributed by atoms with Gasteiger partial charge >= 0.3 is 5.97 Å². The number of hydrogen-bond donors (Lipinski definition) is 1. The van der Waals surface area contributed by atoms with E-state index in [4.69, 9.17) is 4.74 Å². The molecular weight excluding hydrogens is 476 g/mol. The maximum absolute atomic E-state index is 11.7. The SMILES string of the molecule is C=C1CCC(OC(=O)CBr)C/C1=C\C=C1/CCCC2(C)C1CCC2C(C)CCCC(C)(C)O. The second-order valence-electron chi connectivity index (χ2n) is 11.8. The van der Waals surface area contributed by atoms with Gasteiger partial charge < -0.3 is 9.84 Å². The number of halogens is 1. The summed E-state index contributed by atoms with van der Waals surface area (Å²) in [6.45, 7) is 13.1. The lowest BCUT2D eigenvalue weighted by Gasteiger charge is -2.44. The minimum atomic E-state index is -0.551. The summed E-state index contributed by atoms with van der Waals surface area (Å²) < 4.78 is 5.59. The summed E-state index contributed by atoms with van der Waals surface area (Å²) in [4.78, 5) is 11.7. The first-order valence-electron chi connectivity index (χ1n) is 13.1. The third-order valence-electron chi connectivity index (χ3n) is 8.75. The van der Waals surface area contributed by atoms with Crippen LogP contribution in [0.5, 0.6) is 0 Å². The van der Waals surface area contributed by atoms with Gasteiger partial charge in [0.25, 0.3) is 0 Å². The van der Waals surface area contributed by atoms with E-state index in [0.717, 1.165) is 38.0 Å². The zero-order valence-corrected chi connectivity index (χ0v) is 22.9. The van der Waals surface area contributed by atoms with Gasteiger partial charge in [-0.25, -0.2) is 0 Å². The van der Waals surface area contributed by atoms with Crippen molar-refractivity contribution in [2.45, 2.75) is 110 Å². The van der Waals surface area contributed by atoms with E-state index >= 15 is 0 Å². The molecule has 0 amide bonds. The number of aliphatic hydroxyl groups is 1. The molecule has 3 nitrogen and oxygen atoms in total. The highest BCUT2D eigenvalue weighted by Crippen LogP contribution is 2.60. The molecule has 0 saturated heterocycles. The highest BCUT2D eigenvalue weighted by Gasteiger charge is 2.50. The van der Waals surface area contributed by atoms with Crippen LogP contribution < -0.4 is 0 Å². The van der Waals surface area contributed by atoms with Crippen molar-refractivity contribution in [2.75, 3.05) is 5.33 Å². The molecule has 0 aliphatic heterocycles. The van der Waals surface area contributed by atoms with Crippen LogP contribution in [0.4, 0.5) is 0 Å². The van der Waals surface area contributed by atoms with Gasteiger partial charge in [-0.1, -0.05) is 72.5 Å². The van der Waals surface area contributed by atoms with Crippen molar-refractivity contribution < 1.29 is 14.6 Å². The summed E-state index contributed by atoms with van der Waals surface area (Å²) in [5.74, 6) is 1.99. The standard InChI is InChI=1S/C29H45BrO3/c1-20-10-13-24(33-27(31)19-30)18-23(20)12-11-22-9-7-17-29(5)25(14-15-26(22)29)21(2)8-6-16-28(3,4)32/h11-12,21,24-26,32H,1,6-10,13-19H2,2-5H3/b22-11+,23-12+. The van der Waals surface area contributed by atoms with E-state index in [1.807, 2.05) is 13.8 Å². The Morgan fingerprint density at radius 1 is 1.30 bits per heavy atom. The highest BCUT2D eigenvalue weighted by atomic mass is 79.9. The van der Waals surface area contributed by atoms with Crippen LogP contribution in [0.3, 0.4) is 0 Å². The predicted molar refractivity (Wildman–Crippen MR) is 140 cm³/mol. The number of rotatable bonds is 8. The predicted octanol–water partition coefficient (Wildman–Crippen LogP) is 7.68. The van der Waals surface area contributed by atoms with Gasteiger partial charge in [-0.3, -0.25) is 4.79 Å². The zero-order chi connectivity index (χ0) is 24.2. The lowest BCUT2D eigenvalue weighted by Crippen LogP contribution is -2.36. The van der Waals surface area contributed by atoms with Crippen molar-refractivity contribution in [3.8, 4) is 0 Å². The van der Waals surface area contributed by atoms with E-state index in [-0.39, 0.29) is 17.4 Å². The van der Waals surface area contributed by atoms with E-state index in [0.29, 0.717) is 17.3 Å². The Balaban J connectivity index is 1.67. The Kier molecular flexibility index (Phi) is 9.11. The summed E-state index contributed by atoms with van der Waals surface area (Å²) in [5, 5.41) is 10.3. The Morgan fingerprint density at radius 2 is 2.06 bits per heavy atom. The molecule has 4 heteroatoms. The normalized spacial score (nSPS) is 33.9. The van der Waals surface area contributed by atoms with E-state index in [2.05, 4.69) is 48.5 Å². The Bertz CT molecular complexity index is 774. The minimum Gasteiger partial charge on any atom is -0.461 e. The van der Waals surface area contributed by atoms with E-state index in [1.54, 1.807) is 5.57 Å². The fraction of sp³-hybridized carbons (Fsp3) is 0.759. The number of allylic oxidation sites excluding steroid dienone is 4. The largest absolute Gasteiger partial charge is 0.461 e. The average molecular weight is 522 g/mol. The molecule has 186 valence electrons. The number of ether oxygens (including phenoxy) is 1. The lowest BCUT2D eigenvalue weighted by molar-refractivity contribution is -0.146. The van der Waals surface area contributed by atoms with Crippen molar-refractivity contribution in [3.05, 3.63) is 35.5 Å². The minimum absolute atomic E-state index is 0.0255. The molecular formula is C29H45BrO3. The van der Waals surface area contributed by atoms with Gasteiger partial charge in [0, 0.05) is 6.42 Å². The van der Waals surface area contributed by atoms with Crippen LogP contribution in [0.25, 0.3) is 0 Å². The number of carbonyl (C=O) groups is 1. The number of carbonyl (C=O) groups excluding carboxylic acids is 1. The lowest BCUT2D eigenvalue weighted by atomic mass is 9.60. The third kappa shape index (κ3) is 6.84. The van der Waals surface area contributed by atoms with Crippen molar-refractivity contribution >= 4 is 21.9 Å². The van der Waals surface area contributed by atoms with Crippen molar-refractivity contribution in [1.82, 2.24) is 0 Å². The number of esters is 1. The zero-order valence-electron chi connectivity index (χ0n) is 21.3. The summed E-state index contributed by atoms with van der Waals surface area (Å²) in [6, 6.07) is 0. The summed E-state index contributed by atoms with van der Waals surface area (Å²) >= 11 is 3.19. The van der Waals surface area contributed by atoms with Crippen molar-refractivity contribution in [1.29, 1.82) is 0 Å². The third-order valence-corrected chi connectivity index (χ3v) is 9.21. The summed E-state index contributed by atoms with van der Waals surface area (Å²) in [7, 11) is 0. The number of fused-ring (bicyclic) bond motifs is 1. The first-order chi connectivity index (χ1) is 15.5. The average Bonchev–Trinajstić information content (AvgIpc) is 3.10. The van der Waals surface area contributed by atoms with Crippen LogP contribution in [0, 0.1) is 23.2 Å². The van der Waals surface area contributed by atoms with Gasteiger partial charge in [0.1, 0.15) is 11.4 Å². The Labute approximate surface area is 210 Å². The first kappa shape index (κ1) is 26.7. The molecule has 3 saturated carbocycles. The molecule has 0 aromatic rings. The molecule has 0 bridgehead atoms. The first-order valence-corrected chi connectivity index (χ1v) is 14.2. The molecule has 33 heavy (non-hydrogen) atoms. The maximum Gasteiger partial charge on any atom is 0.316 e. The fourth-order valence-corrected chi connectivity index (χ4v) is 7.10. The molecule has 3 rings (SSSR count). The van der Waals surface area contributed by atoms with Gasteiger partial charge in [-0.2, -0.15) is 0 Å². The summed E-state index contributed by atoms with van der Waals surface area (Å²) in [5.41, 5.74) is 3.91. The molecule has 0 radical (unpaired) electrons. The van der Waals surface area contributed by atoms with Crippen LogP contribution in [-0.2, 0) is 9.53 Å². The topological polar surface area (TPSA) is 46.5 Å². The molecule has 3 aliphatic carbocycles. The van der Waals surface area contributed by atoms with E-state index < -0.39 is 5.60 Å².